The van der Waals surface area contributed by atoms with Gasteiger partial charge in [0.15, 0.2) is 5.78 Å². The number of nitrogens with one attached hydrogen (secondary N) is 1. The number of rotatable bonds is 19. The molecule has 0 aliphatic carbocycles. The molecule has 0 fully saturated rings. The van der Waals surface area contributed by atoms with Gasteiger partial charge in [-0.1, -0.05) is 22.9 Å². The first kappa shape index (κ1) is 32.6. The molecule has 0 radical (unpaired) electrons. The first-order chi connectivity index (χ1) is 17.0. The van der Waals surface area contributed by atoms with Gasteiger partial charge in [0.2, 0.25) is 0 Å². The van der Waals surface area contributed by atoms with Gasteiger partial charge < -0.3 is 24.3 Å². The van der Waals surface area contributed by atoms with Crippen LogP contribution in [0.4, 0.5) is 0 Å². The van der Waals surface area contributed by atoms with Crippen LogP contribution in [0, 0.1) is 0 Å². The number of thiol groups is 1. The fourth-order valence-electron chi connectivity index (χ4n) is 2.61. The topological polar surface area (TPSA) is 95.5 Å². The van der Waals surface area contributed by atoms with Crippen LogP contribution < -0.4 is 5.32 Å². The molecule has 0 spiro atoms. The molecule has 204 valence electrons. The van der Waals surface area contributed by atoms with Gasteiger partial charge in [-0.25, -0.2) is 0 Å². The van der Waals surface area contributed by atoms with Gasteiger partial charge in [0.05, 0.1) is 63.1 Å². The van der Waals surface area contributed by atoms with E-state index in [1.165, 1.54) is 10.8 Å². The number of benzene rings is 1. The van der Waals surface area contributed by atoms with Crippen molar-refractivity contribution in [3.63, 3.8) is 0 Å². The van der Waals surface area contributed by atoms with E-state index in [1.54, 1.807) is 12.1 Å². The Labute approximate surface area is 225 Å². The number of hydrogen-bond acceptors (Lipinski definition) is 9. The first-order valence-electron chi connectivity index (χ1n) is 12.2. The van der Waals surface area contributed by atoms with Crippen LogP contribution in [0.15, 0.2) is 29.3 Å². The van der Waals surface area contributed by atoms with Crippen LogP contribution >= 0.6 is 22.5 Å². The van der Waals surface area contributed by atoms with E-state index in [9.17, 15) is 9.59 Å². The molecule has 0 atom stereocenters. The lowest BCUT2D eigenvalue weighted by molar-refractivity contribution is -0.121. The van der Waals surface area contributed by atoms with E-state index in [0.29, 0.717) is 71.4 Å². The second-order valence-corrected chi connectivity index (χ2v) is 11.3. The van der Waals surface area contributed by atoms with Gasteiger partial charge in [-0.05, 0) is 52.3 Å². The molecule has 0 saturated heterocycles. The fraction of sp³-hybridized carbons (Fsp3) is 0.654. The van der Waals surface area contributed by atoms with Crippen LogP contribution in [-0.4, -0.2) is 87.6 Å². The second kappa shape index (κ2) is 17.9. The number of amides is 1. The van der Waals surface area contributed by atoms with E-state index in [2.05, 4.69) is 22.0 Å². The van der Waals surface area contributed by atoms with Crippen LogP contribution in [0.1, 0.15) is 57.0 Å². The summed E-state index contributed by atoms with van der Waals surface area (Å²) in [4.78, 5) is 28.6. The molecule has 36 heavy (non-hydrogen) atoms. The van der Waals surface area contributed by atoms with E-state index in [1.807, 2.05) is 53.0 Å². The van der Waals surface area contributed by atoms with Crippen LogP contribution in [-0.2, 0) is 23.7 Å². The summed E-state index contributed by atoms with van der Waals surface area (Å²) in [5, 5.41) is 2.84. The quantitative estimate of drug-likeness (QED) is 0.118. The van der Waals surface area contributed by atoms with Crippen molar-refractivity contribution in [3.05, 3.63) is 35.4 Å². The van der Waals surface area contributed by atoms with Crippen molar-refractivity contribution in [2.75, 3.05) is 59.4 Å². The Morgan fingerprint density at radius 2 is 1.36 bits per heavy atom. The first-order valence-corrected chi connectivity index (χ1v) is 14.0. The van der Waals surface area contributed by atoms with E-state index >= 15 is 0 Å². The largest absolute Gasteiger partial charge is 0.379 e. The highest BCUT2D eigenvalue weighted by Crippen LogP contribution is 2.29. The van der Waals surface area contributed by atoms with Crippen molar-refractivity contribution in [1.82, 2.24) is 5.32 Å². The highest BCUT2D eigenvalue weighted by atomic mass is 33.1. The summed E-state index contributed by atoms with van der Waals surface area (Å²) in [6.07, 6.45) is 2.19. The Balaban J connectivity index is 1.95. The van der Waals surface area contributed by atoms with Gasteiger partial charge in [0.1, 0.15) is 0 Å². The third-order valence-corrected chi connectivity index (χ3v) is 6.85. The molecule has 0 aromatic heterocycles. The third kappa shape index (κ3) is 15.6. The van der Waals surface area contributed by atoms with Crippen molar-refractivity contribution < 1.29 is 28.5 Å². The minimum Gasteiger partial charge on any atom is -0.379 e. The number of Topliss-reactive ketones (excluding diaryl/α,β-unsaturated/α-hetero) is 1. The van der Waals surface area contributed by atoms with Crippen molar-refractivity contribution in [2.45, 2.75) is 51.3 Å². The van der Waals surface area contributed by atoms with E-state index in [0.717, 1.165) is 5.56 Å². The summed E-state index contributed by atoms with van der Waals surface area (Å²) < 4.78 is 21.3. The molecule has 1 aromatic rings. The number of hydrogen-bond donors (Lipinski definition) is 2. The highest BCUT2D eigenvalue weighted by molar-refractivity contribution is 8.69. The van der Waals surface area contributed by atoms with Crippen molar-refractivity contribution in [1.29, 1.82) is 0 Å². The summed E-state index contributed by atoms with van der Waals surface area (Å²) in [5.41, 5.74) is 1.43. The molecule has 1 aromatic carbocycles. The van der Waals surface area contributed by atoms with Crippen molar-refractivity contribution in [3.8, 4) is 0 Å². The van der Waals surface area contributed by atoms with Gasteiger partial charge in [-0.3, -0.25) is 14.6 Å². The lowest BCUT2D eigenvalue weighted by Gasteiger charge is -2.18. The predicted molar refractivity (Wildman–Crippen MR) is 150 cm³/mol. The number of ether oxygens (including phenoxy) is 4. The lowest BCUT2D eigenvalue weighted by atomic mass is 10.1. The SMILES string of the molecule is CC(C)(C)/N=C/c1ccc(C(=O)NCCOCCOCCOCCOCCC(=O)C(C)(C)SS)cc1. The number of carbonyl (C=O) groups is 2. The minimum atomic E-state index is -0.493. The zero-order valence-corrected chi connectivity index (χ0v) is 23.9. The zero-order valence-electron chi connectivity index (χ0n) is 22.2. The molecule has 0 heterocycles. The summed E-state index contributed by atoms with van der Waals surface area (Å²) in [5.74, 6) is -0.0172. The Kier molecular flexibility index (Phi) is 16.2. The molecule has 0 aliphatic rings. The number of ketones is 1. The lowest BCUT2D eigenvalue weighted by Crippen LogP contribution is -2.27. The summed E-state index contributed by atoms with van der Waals surface area (Å²) in [6, 6.07) is 7.33. The summed E-state index contributed by atoms with van der Waals surface area (Å²) in [7, 11) is 1.25. The zero-order chi connectivity index (χ0) is 26.9. The fourth-order valence-corrected chi connectivity index (χ4v) is 3.12. The molecule has 1 amide bonds. The summed E-state index contributed by atoms with van der Waals surface area (Å²) in [6.45, 7) is 13.7. The van der Waals surface area contributed by atoms with Crippen LogP contribution in [0.3, 0.4) is 0 Å². The molecule has 0 aliphatic heterocycles. The minimum absolute atomic E-state index is 0.119. The monoisotopic (exact) mass is 542 g/mol. The molecule has 8 nitrogen and oxygen atoms in total. The summed E-state index contributed by atoms with van der Waals surface area (Å²) >= 11 is 4.12. The van der Waals surface area contributed by atoms with Gasteiger partial charge in [0.25, 0.3) is 5.91 Å². The smallest absolute Gasteiger partial charge is 0.251 e. The van der Waals surface area contributed by atoms with Gasteiger partial charge in [-0.15, -0.1) is 11.7 Å². The molecular weight excluding hydrogens is 500 g/mol. The molecule has 0 saturated carbocycles. The van der Waals surface area contributed by atoms with Crippen molar-refractivity contribution in [2.24, 2.45) is 4.99 Å². The molecular formula is C26H42N2O6S2. The molecule has 0 unspecified atom stereocenters. The van der Waals surface area contributed by atoms with Gasteiger partial charge >= 0.3 is 0 Å². The third-order valence-electron chi connectivity index (χ3n) is 4.79. The predicted octanol–water partition coefficient (Wildman–Crippen LogP) is 4.02. The Hall–Kier alpha value is -1.43. The maximum atomic E-state index is 12.2. The highest BCUT2D eigenvalue weighted by Gasteiger charge is 2.26. The Morgan fingerprint density at radius 1 is 0.861 bits per heavy atom. The number of nitrogens with zero attached hydrogens (tertiary/aromatic N) is 1. The second-order valence-electron chi connectivity index (χ2n) is 9.53. The normalized spacial score (nSPS) is 12.3. The van der Waals surface area contributed by atoms with E-state index in [4.69, 9.17) is 18.9 Å². The number of carbonyl (C=O) groups excluding carboxylic acids is 2. The molecule has 0 bridgehead atoms. The average molecular weight is 543 g/mol. The Morgan fingerprint density at radius 3 is 1.86 bits per heavy atom. The van der Waals surface area contributed by atoms with Gasteiger partial charge in [-0.2, -0.15) is 0 Å². The van der Waals surface area contributed by atoms with E-state index < -0.39 is 4.75 Å². The standard InChI is InChI=1S/C26H42N2O6S2/c1-25(2,3)28-20-21-6-8-22(9-7-21)24(30)27-11-13-32-15-17-34-19-18-33-16-14-31-12-10-23(29)26(4,5)36-35/h6-9,20,35H,10-19H2,1-5H3,(H,27,30)/b28-20+. The Bertz CT molecular complexity index is 795. The van der Waals surface area contributed by atoms with Gasteiger partial charge in [0, 0.05) is 24.7 Å². The maximum absolute atomic E-state index is 12.2. The molecule has 10 heteroatoms. The average Bonchev–Trinajstić information content (AvgIpc) is 2.84. The maximum Gasteiger partial charge on any atom is 0.251 e. The van der Waals surface area contributed by atoms with Crippen LogP contribution in [0.5, 0.6) is 0 Å². The van der Waals surface area contributed by atoms with Crippen molar-refractivity contribution >= 4 is 40.4 Å². The molecule has 1 rings (SSSR count). The van der Waals surface area contributed by atoms with E-state index in [-0.39, 0.29) is 17.2 Å². The molecule has 1 N–H and O–H groups in total. The van der Waals surface area contributed by atoms with Crippen LogP contribution in [0.25, 0.3) is 0 Å². The number of aliphatic imine (C=N–C) groups is 1. The van der Waals surface area contributed by atoms with Crippen LogP contribution in [0.2, 0.25) is 0 Å².